The predicted molar refractivity (Wildman–Crippen MR) is 141 cm³/mol. The Bertz CT molecular complexity index is 1260. The van der Waals surface area contributed by atoms with Gasteiger partial charge in [-0.25, -0.2) is 12.8 Å². The number of halogens is 4. The third kappa shape index (κ3) is 6.03. The minimum absolute atomic E-state index is 0.0200. The molecule has 39 heavy (non-hydrogen) atoms. The molecule has 5 rings (SSSR count). The van der Waals surface area contributed by atoms with E-state index in [1.165, 1.54) is 9.21 Å². The molecule has 2 aromatic rings. The predicted octanol–water partition coefficient (Wildman–Crippen LogP) is 4.04. The van der Waals surface area contributed by atoms with Crippen LogP contribution in [-0.2, 0) is 20.9 Å². The molecule has 7 nitrogen and oxygen atoms in total. The Morgan fingerprint density at radius 1 is 0.897 bits per heavy atom. The summed E-state index contributed by atoms with van der Waals surface area (Å²) < 4.78 is 88.4. The molecule has 0 saturated carbocycles. The number of benzene rings is 2. The van der Waals surface area contributed by atoms with E-state index in [-0.39, 0.29) is 30.2 Å². The number of sulfonamides is 1. The van der Waals surface area contributed by atoms with Crippen molar-refractivity contribution in [1.29, 1.82) is 0 Å². The summed E-state index contributed by atoms with van der Waals surface area (Å²) in [4.78, 5) is 6.34. The van der Waals surface area contributed by atoms with Gasteiger partial charge in [-0.05, 0) is 56.2 Å². The SMILES string of the molecule is C[C@@H]1CN(c2ccc(F)cc2C(F)(F)F)CCN1S(=O)(=O)c1cccc(N2CCN(C3CCOCC3)CC2)c1. The van der Waals surface area contributed by atoms with E-state index in [4.69, 9.17) is 4.74 Å². The molecule has 0 bridgehead atoms. The lowest BCUT2D eigenvalue weighted by molar-refractivity contribution is -0.137. The number of hydrogen-bond acceptors (Lipinski definition) is 6. The quantitative estimate of drug-likeness (QED) is 0.506. The first-order chi connectivity index (χ1) is 18.5. The smallest absolute Gasteiger partial charge is 0.381 e. The molecule has 0 unspecified atom stereocenters. The number of nitrogens with zero attached hydrogens (tertiary/aromatic N) is 4. The van der Waals surface area contributed by atoms with Crippen molar-refractivity contribution in [3.05, 3.63) is 53.8 Å². The molecule has 2 aromatic carbocycles. The Morgan fingerprint density at radius 2 is 1.59 bits per heavy atom. The fourth-order valence-corrected chi connectivity index (χ4v) is 7.55. The van der Waals surface area contributed by atoms with Gasteiger partial charge in [-0.1, -0.05) is 6.07 Å². The number of rotatable bonds is 5. The van der Waals surface area contributed by atoms with Crippen LogP contribution in [0.1, 0.15) is 25.3 Å². The lowest BCUT2D eigenvalue weighted by Crippen LogP contribution is -2.54. The number of piperazine rings is 2. The highest BCUT2D eigenvalue weighted by molar-refractivity contribution is 7.89. The zero-order valence-electron chi connectivity index (χ0n) is 21.9. The number of anilines is 2. The van der Waals surface area contributed by atoms with Crippen molar-refractivity contribution in [2.24, 2.45) is 0 Å². The molecule has 3 heterocycles. The second kappa shape index (κ2) is 11.2. The third-order valence-corrected chi connectivity index (χ3v) is 9.99. The van der Waals surface area contributed by atoms with Gasteiger partial charge in [0.05, 0.1) is 10.5 Å². The molecule has 0 aliphatic carbocycles. The van der Waals surface area contributed by atoms with Crippen molar-refractivity contribution in [2.45, 2.75) is 42.9 Å². The summed E-state index contributed by atoms with van der Waals surface area (Å²) in [5.74, 6) is -0.967. The summed E-state index contributed by atoms with van der Waals surface area (Å²) >= 11 is 0. The highest BCUT2D eigenvalue weighted by Gasteiger charge is 2.39. The number of alkyl halides is 3. The second-order valence-corrected chi connectivity index (χ2v) is 12.3. The minimum Gasteiger partial charge on any atom is -0.381 e. The highest BCUT2D eigenvalue weighted by Crippen LogP contribution is 2.38. The molecule has 3 aliphatic rings. The fraction of sp³-hybridized carbons (Fsp3) is 0.556. The van der Waals surface area contributed by atoms with Crippen LogP contribution >= 0.6 is 0 Å². The summed E-state index contributed by atoms with van der Waals surface area (Å²) in [5.41, 5.74) is -0.361. The lowest BCUT2D eigenvalue weighted by Gasteiger charge is -2.42. The van der Waals surface area contributed by atoms with Crippen molar-refractivity contribution in [3.8, 4) is 0 Å². The van der Waals surface area contributed by atoms with Gasteiger partial charge >= 0.3 is 6.18 Å². The maximum atomic E-state index is 13.6. The molecular weight excluding hydrogens is 536 g/mol. The number of hydrogen-bond donors (Lipinski definition) is 0. The van der Waals surface area contributed by atoms with Gasteiger partial charge in [0.15, 0.2) is 0 Å². The zero-order valence-corrected chi connectivity index (χ0v) is 22.7. The molecule has 1 atom stereocenters. The van der Waals surface area contributed by atoms with Crippen molar-refractivity contribution >= 4 is 21.4 Å². The van der Waals surface area contributed by atoms with Crippen LogP contribution in [0.5, 0.6) is 0 Å². The second-order valence-electron chi connectivity index (χ2n) is 10.4. The molecular formula is C27H34F4N4O3S. The maximum absolute atomic E-state index is 13.6. The minimum atomic E-state index is -4.72. The Morgan fingerprint density at radius 3 is 2.26 bits per heavy atom. The van der Waals surface area contributed by atoms with Gasteiger partial charge in [-0.2, -0.15) is 17.5 Å². The molecule has 3 aliphatic heterocycles. The first-order valence-electron chi connectivity index (χ1n) is 13.3. The van der Waals surface area contributed by atoms with Crippen LogP contribution in [0.4, 0.5) is 28.9 Å². The topological polar surface area (TPSA) is 56.3 Å². The third-order valence-electron chi connectivity index (χ3n) is 7.98. The van der Waals surface area contributed by atoms with E-state index in [2.05, 4.69) is 9.80 Å². The monoisotopic (exact) mass is 570 g/mol. The van der Waals surface area contributed by atoms with E-state index in [0.717, 1.165) is 70.1 Å². The maximum Gasteiger partial charge on any atom is 0.418 e. The molecule has 214 valence electrons. The van der Waals surface area contributed by atoms with Crippen LogP contribution in [0.3, 0.4) is 0 Å². The number of ether oxygens (including phenoxy) is 1. The molecule has 0 amide bonds. The molecule has 0 aromatic heterocycles. The van der Waals surface area contributed by atoms with E-state index >= 15 is 0 Å². The molecule has 0 spiro atoms. The Kier molecular flexibility index (Phi) is 8.10. The Balaban J connectivity index is 1.27. The first kappa shape index (κ1) is 28.1. The van der Waals surface area contributed by atoms with Crippen LogP contribution < -0.4 is 9.80 Å². The first-order valence-corrected chi connectivity index (χ1v) is 14.8. The molecule has 0 radical (unpaired) electrons. The van der Waals surface area contributed by atoms with Crippen molar-refractivity contribution in [2.75, 3.05) is 68.8 Å². The average molecular weight is 571 g/mol. The van der Waals surface area contributed by atoms with Crippen LogP contribution in [0.15, 0.2) is 47.4 Å². The largest absolute Gasteiger partial charge is 0.418 e. The van der Waals surface area contributed by atoms with E-state index in [1.54, 1.807) is 25.1 Å². The van der Waals surface area contributed by atoms with Gasteiger partial charge in [0, 0.05) is 82.5 Å². The van der Waals surface area contributed by atoms with Gasteiger partial charge in [-0.3, -0.25) is 4.90 Å². The van der Waals surface area contributed by atoms with E-state index in [9.17, 15) is 26.0 Å². The van der Waals surface area contributed by atoms with E-state index in [1.807, 2.05) is 6.07 Å². The van der Waals surface area contributed by atoms with E-state index < -0.39 is 33.6 Å². The summed E-state index contributed by atoms with van der Waals surface area (Å²) in [6, 6.07) is 9.46. The van der Waals surface area contributed by atoms with Gasteiger partial charge in [0.25, 0.3) is 0 Å². The average Bonchev–Trinajstić information content (AvgIpc) is 2.93. The molecule has 3 saturated heterocycles. The van der Waals surface area contributed by atoms with E-state index in [0.29, 0.717) is 12.1 Å². The fourth-order valence-electron chi connectivity index (χ4n) is 5.90. The van der Waals surface area contributed by atoms with Crippen molar-refractivity contribution in [3.63, 3.8) is 0 Å². The Labute approximate surface area is 227 Å². The van der Waals surface area contributed by atoms with Gasteiger partial charge in [0.1, 0.15) is 5.82 Å². The van der Waals surface area contributed by atoms with Crippen LogP contribution in [0.2, 0.25) is 0 Å². The van der Waals surface area contributed by atoms with Crippen LogP contribution in [0.25, 0.3) is 0 Å². The molecule has 0 N–H and O–H groups in total. The zero-order chi connectivity index (χ0) is 27.8. The van der Waals surface area contributed by atoms with Gasteiger partial charge in [0.2, 0.25) is 10.0 Å². The molecule has 12 heteroatoms. The summed E-state index contributed by atoms with van der Waals surface area (Å²) in [6.07, 6.45) is -2.64. The lowest BCUT2D eigenvalue weighted by atomic mass is 10.1. The van der Waals surface area contributed by atoms with Crippen molar-refractivity contribution < 1.29 is 30.7 Å². The van der Waals surface area contributed by atoms with Crippen LogP contribution in [-0.4, -0.2) is 88.7 Å². The highest BCUT2D eigenvalue weighted by atomic mass is 32.2. The van der Waals surface area contributed by atoms with Crippen molar-refractivity contribution in [1.82, 2.24) is 9.21 Å². The van der Waals surface area contributed by atoms with Gasteiger partial charge in [-0.15, -0.1) is 0 Å². The van der Waals surface area contributed by atoms with Crippen LogP contribution in [0, 0.1) is 5.82 Å². The summed E-state index contributed by atoms with van der Waals surface area (Å²) in [5, 5.41) is 0. The normalized spacial score (nSPS) is 22.8. The summed E-state index contributed by atoms with van der Waals surface area (Å²) in [6.45, 7) is 6.83. The summed E-state index contributed by atoms with van der Waals surface area (Å²) in [7, 11) is -3.88. The molecule has 3 fully saturated rings. The standard InChI is InChI=1S/C27H34F4N4O3S/c1-20-19-34(26-6-5-21(28)17-25(26)27(29,30)31)13-14-35(20)39(36,37)24-4-2-3-23(18-24)33-11-9-32(10-12-33)22-7-15-38-16-8-22/h2-6,17-18,20,22H,7-16,19H2,1H3/t20-/m1/s1. The Hall–Kier alpha value is -2.41. The van der Waals surface area contributed by atoms with Gasteiger partial charge < -0.3 is 14.5 Å².